The molecule has 98 valence electrons. The number of hydrogen-bond donors (Lipinski definition) is 1. The van der Waals surface area contributed by atoms with Crippen LogP contribution in [-0.2, 0) is 7.05 Å². The minimum Gasteiger partial charge on any atom is -0.326 e. The lowest BCUT2D eigenvalue weighted by Gasteiger charge is -1.99. The second kappa shape index (κ2) is 4.70. The molecule has 2 heterocycles. The highest BCUT2D eigenvalue weighted by Gasteiger charge is 2.14. The van der Waals surface area contributed by atoms with Crippen LogP contribution in [0.2, 0.25) is 0 Å². The molecule has 2 aromatic heterocycles. The summed E-state index contributed by atoms with van der Waals surface area (Å²) in [5.41, 5.74) is 8.79. The normalized spacial score (nSPS) is 13.1. The van der Waals surface area contributed by atoms with Gasteiger partial charge in [-0.25, -0.2) is 9.97 Å². The summed E-state index contributed by atoms with van der Waals surface area (Å²) in [6, 6.07) is 6.04. The Morgan fingerprint density at radius 2 is 2.16 bits per heavy atom. The highest BCUT2D eigenvalue weighted by Crippen LogP contribution is 2.28. The SMILES string of the molecule is CC(N)c1nc(-c2nc3cc(Br)ccc3n2C)cs1. The van der Waals surface area contributed by atoms with Crippen molar-refractivity contribution in [3.63, 3.8) is 0 Å². The fourth-order valence-corrected chi connectivity index (χ4v) is 3.11. The molecule has 0 bridgehead atoms. The number of halogens is 1. The monoisotopic (exact) mass is 336 g/mol. The van der Waals surface area contributed by atoms with Crippen LogP contribution < -0.4 is 5.73 Å². The number of benzene rings is 1. The van der Waals surface area contributed by atoms with Crippen LogP contribution in [0.3, 0.4) is 0 Å². The Kier molecular flexibility index (Phi) is 3.16. The minimum atomic E-state index is -0.0393. The number of aromatic nitrogens is 3. The van der Waals surface area contributed by atoms with Crippen LogP contribution in [0, 0.1) is 0 Å². The maximum atomic E-state index is 5.85. The van der Waals surface area contributed by atoms with Gasteiger partial charge in [0.1, 0.15) is 10.7 Å². The van der Waals surface area contributed by atoms with Gasteiger partial charge in [0.25, 0.3) is 0 Å². The van der Waals surface area contributed by atoms with E-state index in [1.54, 1.807) is 11.3 Å². The van der Waals surface area contributed by atoms with Crippen molar-refractivity contribution < 1.29 is 0 Å². The second-order valence-corrected chi connectivity index (χ2v) is 6.29. The van der Waals surface area contributed by atoms with Gasteiger partial charge in [-0.2, -0.15) is 0 Å². The van der Waals surface area contributed by atoms with Crippen molar-refractivity contribution in [3.05, 3.63) is 33.1 Å². The molecule has 0 radical (unpaired) electrons. The number of aryl methyl sites for hydroxylation is 1. The van der Waals surface area contributed by atoms with Gasteiger partial charge in [0.15, 0.2) is 5.82 Å². The van der Waals surface area contributed by atoms with E-state index < -0.39 is 0 Å². The molecular formula is C13H13BrN4S. The van der Waals surface area contributed by atoms with Crippen molar-refractivity contribution >= 4 is 38.3 Å². The summed E-state index contributed by atoms with van der Waals surface area (Å²) in [4.78, 5) is 9.21. The summed E-state index contributed by atoms with van der Waals surface area (Å²) >= 11 is 5.04. The van der Waals surface area contributed by atoms with Crippen LogP contribution in [0.4, 0.5) is 0 Å². The third-order valence-corrected chi connectivity index (χ3v) is 4.52. The summed E-state index contributed by atoms with van der Waals surface area (Å²) in [5.74, 6) is 0.872. The lowest BCUT2D eigenvalue weighted by molar-refractivity contribution is 0.806. The van der Waals surface area contributed by atoms with Crippen LogP contribution in [0.25, 0.3) is 22.6 Å². The van der Waals surface area contributed by atoms with Crippen molar-refractivity contribution in [2.75, 3.05) is 0 Å². The van der Waals surface area contributed by atoms with E-state index in [1.165, 1.54) is 0 Å². The first-order valence-electron chi connectivity index (χ1n) is 5.89. The van der Waals surface area contributed by atoms with Gasteiger partial charge in [-0.15, -0.1) is 11.3 Å². The molecule has 0 amide bonds. The topological polar surface area (TPSA) is 56.7 Å². The minimum absolute atomic E-state index is 0.0393. The number of hydrogen-bond acceptors (Lipinski definition) is 4. The largest absolute Gasteiger partial charge is 0.326 e. The number of rotatable bonds is 2. The Morgan fingerprint density at radius 3 is 2.84 bits per heavy atom. The Morgan fingerprint density at radius 1 is 1.37 bits per heavy atom. The van der Waals surface area contributed by atoms with Crippen molar-refractivity contribution in [2.24, 2.45) is 12.8 Å². The van der Waals surface area contributed by atoms with E-state index in [2.05, 4.69) is 36.5 Å². The van der Waals surface area contributed by atoms with Crippen molar-refractivity contribution in [3.8, 4) is 11.5 Å². The lowest BCUT2D eigenvalue weighted by Crippen LogP contribution is -2.04. The molecule has 0 spiro atoms. The zero-order valence-corrected chi connectivity index (χ0v) is 13.0. The predicted octanol–water partition coefficient (Wildman–Crippen LogP) is 3.48. The van der Waals surface area contributed by atoms with Crippen LogP contribution >= 0.6 is 27.3 Å². The summed E-state index contributed by atoms with van der Waals surface area (Å²) in [6.45, 7) is 1.94. The molecule has 3 aromatic rings. The van der Waals surface area contributed by atoms with Crippen molar-refractivity contribution in [1.82, 2.24) is 14.5 Å². The molecule has 0 aliphatic rings. The number of thiazole rings is 1. The van der Waals surface area contributed by atoms with Crippen LogP contribution in [-0.4, -0.2) is 14.5 Å². The van der Waals surface area contributed by atoms with E-state index in [0.717, 1.165) is 32.0 Å². The number of fused-ring (bicyclic) bond motifs is 1. The van der Waals surface area contributed by atoms with E-state index >= 15 is 0 Å². The fourth-order valence-electron chi connectivity index (χ4n) is 2.00. The van der Waals surface area contributed by atoms with Crippen LogP contribution in [0.15, 0.2) is 28.1 Å². The average molecular weight is 337 g/mol. The molecule has 0 aliphatic carbocycles. The fraction of sp³-hybridized carbons (Fsp3) is 0.231. The molecule has 19 heavy (non-hydrogen) atoms. The first-order chi connectivity index (χ1) is 9.06. The van der Waals surface area contributed by atoms with E-state index in [-0.39, 0.29) is 6.04 Å². The maximum Gasteiger partial charge on any atom is 0.160 e. The molecule has 1 atom stereocenters. The Balaban J connectivity index is 2.16. The summed E-state index contributed by atoms with van der Waals surface area (Å²) in [5, 5.41) is 2.94. The number of nitrogens with two attached hydrogens (primary N) is 1. The van der Waals surface area contributed by atoms with E-state index in [9.17, 15) is 0 Å². The molecule has 1 aromatic carbocycles. The van der Waals surface area contributed by atoms with Gasteiger partial charge in [-0.1, -0.05) is 15.9 Å². The van der Waals surface area contributed by atoms with Gasteiger partial charge < -0.3 is 10.3 Å². The van der Waals surface area contributed by atoms with Crippen LogP contribution in [0.5, 0.6) is 0 Å². The number of imidazole rings is 1. The molecule has 2 N–H and O–H groups in total. The number of nitrogens with zero attached hydrogens (tertiary/aromatic N) is 3. The molecule has 0 saturated heterocycles. The predicted molar refractivity (Wildman–Crippen MR) is 82.1 cm³/mol. The smallest absolute Gasteiger partial charge is 0.160 e. The Bertz CT molecular complexity index is 744. The van der Waals surface area contributed by atoms with E-state index in [0.29, 0.717) is 0 Å². The van der Waals surface area contributed by atoms with E-state index in [1.807, 2.05) is 31.5 Å². The van der Waals surface area contributed by atoms with Gasteiger partial charge in [0.2, 0.25) is 0 Å². The van der Waals surface area contributed by atoms with Gasteiger partial charge >= 0.3 is 0 Å². The molecule has 0 saturated carbocycles. The third kappa shape index (κ3) is 2.20. The molecule has 3 rings (SSSR count). The maximum absolute atomic E-state index is 5.85. The third-order valence-electron chi connectivity index (χ3n) is 2.98. The first-order valence-corrected chi connectivity index (χ1v) is 7.57. The molecule has 6 heteroatoms. The summed E-state index contributed by atoms with van der Waals surface area (Å²) < 4.78 is 3.08. The lowest BCUT2D eigenvalue weighted by atomic mass is 10.3. The molecule has 1 unspecified atom stereocenters. The molecule has 0 fully saturated rings. The van der Waals surface area contributed by atoms with Crippen molar-refractivity contribution in [1.29, 1.82) is 0 Å². The molecular weight excluding hydrogens is 324 g/mol. The molecule has 0 aliphatic heterocycles. The standard InChI is InChI=1S/C13H13BrN4S/c1-7(15)13-17-10(6-19-13)12-16-9-5-8(14)3-4-11(9)18(12)2/h3-7H,15H2,1-2H3. The summed E-state index contributed by atoms with van der Waals surface area (Å²) in [7, 11) is 2.00. The zero-order valence-electron chi connectivity index (χ0n) is 10.6. The highest BCUT2D eigenvalue weighted by molar-refractivity contribution is 9.10. The Hall–Kier alpha value is -1.24. The second-order valence-electron chi connectivity index (χ2n) is 4.49. The van der Waals surface area contributed by atoms with Gasteiger partial charge in [0, 0.05) is 16.9 Å². The molecule has 4 nitrogen and oxygen atoms in total. The van der Waals surface area contributed by atoms with Crippen molar-refractivity contribution in [2.45, 2.75) is 13.0 Å². The highest BCUT2D eigenvalue weighted by atomic mass is 79.9. The average Bonchev–Trinajstić information content (AvgIpc) is 2.94. The van der Waals surface area contributed by atoms with Gasteiger partial charge in [-0.3, -0.25) is 0 Å². The zero-order chi connectivity index (χ0) is 13.6. The first kappa shape index (κ1) is 12.8. The van der Waals surface area contributed by atoms with E-state index in [4.69, 9.17) is 5.73 Å². The van der Waals surface area contributed by atoms with Gasteiger partial charge in [-0.05, 0) is 25.1 Å². The quantitative estimate of drug-likeness (QED) is 0.779. The Labute approximate surface area is 123 Å². The summed E-state index contributed by atoms with van der Waals surface area (Å²) in [6.07, 6.45) is 0. The van der Waals surface area contributed by atoms with Gasteiger partial charge in [0.05, 0.1) is 17.1 Å². The van der Waals surface area contributed by atoms with Crippen LogP contribution in [0.1, 0.15) is 18.0 Å².